The third-order valence-electron chi connectivity index (χ3n) is 1.70. The Kier molecular flexibility index (Phi) is 5.38. The van der Waals surface area contributed by atoms with Crippen molar-refractivity contribution in [1.29, 1.82) is 0 Å². The maximum atomic E-state index is 12.3. The maximum absolute atomic E-state index is 12.3. The molecule has 0 aliphatic carbocycles. The van der Waals surface area contributed by atoms with Crippen molar-refractivity contribution in [1.82, 2.24) is 4.72 Å². The van der Waals surface area contributed by atoms with E-state index in [9.17, 15) is 21.6 Å². The second-order valence-electron chi connectivity index (χ2n) is 2.71. The van der Waals surface area contributed by atoms with Crippen LogP contribution < -0.4 is 4.72 Å². The first-order valence-electron chi connectivity index (χ1n) is 3.77. The van der Waals surface area contributed by atoms with Crippen molar-refractivity contribution in [3.05, 3.63) is 0 Å². The highest BCUT2D eigenvalue weighted by atomic mass is 32.2. The SMILES string of the molecule is O=S(=O)(NCCO)C(CF)(CF)CF. The number of sulfonamides is 1. The maximum Gasteiger partial charge on any atom is 0.225 e. The smallest absolute Gasteiger partial charge is 0.225 e. The van der Waals surface area contributed by atoms with Crippen LogP contribution in [-0.2, 0) is 10.0 Å². The molecule has 8 heteroatoms. The van der Waals surface area contributed by atoms with Crippen LogP contribution in [0.4, 0.5) is 13.2 Å². The molecule has 0 aliphatic heterocycles. The van der Waals surface area contributed by atoms with Crippen molar-refractivity contribution < 1.29 is 26.7 Å². The Morgan fingerprint density at radius 2 is 1.57 bits per heavy atom. The number of halogens is 3. The monoisotopic (exact) mass is 235 g/mol. The van der Waals surface area contributed by atoms with Crippen molar-refractivity contribution in [2.75, 3.05) is 33.2 Å². The minimum absolute atomic E-state index is 0.399. The van der Waals surface area contributed by atoms with E-state index in [1.807, 2.05) is 0 Å². The Morgan fingerprint density at radius 1 is 1.14 bits per heavy atom. The first kappa shape index (κ1) is 13.7. The van der Waals surface area contributed by atoms with Gasteiger partial charge in [-0.2, -0.15) is 0 Å². The molecule has 0 aromatic carbocycles. The molecule has 0 saturated heterocycles. The standard InChI is InChI=1S/C6H12F3NO3S/c7-3-6(4-8,5-9)14(12,13)10-1-2-11/h10-11H,1-5H2. The number of alkyl halides is 3. The average Bonchev–Trinajstić information content (AvgIpc) is 2.18. The predicted octanol–water partition coefficient (Wildman–Crippen LogP) is -0.455. The number of hydrogen-bond donors (Lipinski definition) is 2. The van der Waals surface area contributed by atoms with Crippen LogP contribution >= 0.6 is 0 Å². The number of aliphatic hydroxyl groups excluding tert-OH is 1. The molecule has 0 heterocycles. The molecular formula is C6H12F3NO3S. The van der Waals surface area contributed by atoms with Gasteiger partial charge in [0.2, 0.25) is 10.0 Å². The first-order valence-corrected chi connectivity index (χ1v) is 5.26. The summed E-state index contributed by atoms with van der Waals surface area (Å²) >= 11 is 0. The fourth-order valence-corrected chi connectivity index (χ4v) is 1.75. The van der Waals surface area contributed by atoms with Crippen molar-refractivity contribution >= 4 is 10.0 Å². The van der Waals surface area contributed by atoms with Crippen LogP contribution in [0.2, 0.25) is 0 Å². The van der Waals surface area contributed by atoms with Crippen LogP contribution in [0.3, 0.4) is 0 Å². The Balaban J connectivity index is 4.80. The minimum atomic E-state index is -4.43. The lowest BCUT2D eigenvalue weighted by Gasteiger charge is -2.24. The lowest BCUT2D eigenvalue weighted by atomic mass is 10.2. The first-order chi connectivity index (χ1) is 6.49. The number of nitrogens with one attached hydrogen (secondary N) is 1. The second kappa shape index (κ2) is 5.52. The second-order valence-corrected chi connectivity index (χ2v) is 4.87. The molecule has 0 aliphatic rings. The summed E-state index contributed by atoms with van der Waals surface area (Å²) in [7, 11) is -4.43. The van der Waals surface area contributed by atoms with Crippen LogP contribution in [0.25, 0.3) is 0 Å². The zero-order valence-electron chi connectivity index (χ0n) is 7.34. The molecule has 14 heavy (non-hydrogen) atoms. The molecule has 0 rings (SSSR count). The zero-order valence-corrected chi connectivity index (χ0v) is 8.16. The summed E-state index contributed by atoms with van der Waals surface area (Å²) in [6, 6.07) is 0. The van der Waals surface area contributed by atoms with Gasteiger partial charge in [0.15, 0.2) is 4.75 Å². The van der Waals surface area contributed by atoms with Crippen molar-refractivity contribution in [2.45, 2.75) is 4.75 Å². The van der Waals surface area contributed by atoms with Gasteiger partial charge in [0.05, 0.1) is 6.61 Å². The van der Waals surface area contributed by atoms with E-state index in [-0.39, 0.29) is 0 Å². The van der Waals surface area contributed by atoms with E-state index in [4.69, 9.17) is 5.11 Å². The zero-order chi connectivity index (χ0) is 11.2. The van der Waals surface area contributed by atoms with Gasteiger partial charge in [0.1, 0.15) is 20.0 Å². The molecule has 0 atom stereocenters. The summed E-state index contributed by atoms with van der Waals surface area (Å²) in [5, 5.41) is 8.31. The van der Waals surface area contributed by atoms with E-state index < -0.39 is 47.9 Å². The largest absolute Gasteiger partial charge is 0.395 e. The number of aliphatic hydroxyl groups is 1. The molecule has 0 spiro atoms. The molecular weight excluding hydrogens is 223 g/mol. The molecule has 0 unspecified atom stereocenters. The van der Waals surface area contributed by atoms with E-state index in [2.05, 4.69) is 0 Å². The van der Waals surface area contributed by atoms with Gasteiger partial charge in [-0.3, -0.25) is 0 Å². The van der Waals surface area contributed by atoms with Crippen LogP contribution in [-0.4, -0.2) is 51.4 Å². The Labute approximate surface area is 80.2 Å². The Hall–Kier alpha value is -0.340. The molecule has 0 fully saturated rings. The van der Waals surface area contributed by atoms with Gasteiger partial charge in [0.25, 0.3) is 0 Å². The molecule has 2 N–H and O–H groups in total. The molecule has 0 amide bonds. The van der Waals surface area contributed by atoms with Gasteiger partial charge < -0.3 is 5.11 Å². The fourth-order valence-electron chi connectivity index (χ4n) is 0.656. The summed E-state index contributed by atoms with van der Waals surface area (Å²) in [4.78, 5) is 0. The number of hydrogen-bond acceptors (Lipinski definition) is 3. The molecule has 0 aromatic rings. The van der Waals surface area contributed by atoms with E-state index >= 15 is 0 Å². The van der Waals surface area contributed by atoms with Gasteiger partial charge in [-0.05, 0) is 0 Å². The lowest BCUT2D eigenvalue weighted by molar-refractivity contribution is 0.252. The Morgan fingerprint density at radius 3 is 1.86 bits per heavy atom. The third-order valence-corrected chi connectivity index (χ3v) is 3.76. The van der Waals surface area contributed by atoms with Gasteiger partial charge in [-0.25, -0.2) is 26.3 Å². The summed E-state index contributed by atoms with van der Waals surface area (Å²) in [6.07, 6.45) is 0. The summed E-state index contributed by atoms with van der Waals surface area (Å²) in [6.45, 7) is -5.88. The quantitative estimate of drug-likeness (QED) is 0.628. The van der Waals surface area contributed by atoms with Crippen molar-refractivity contribution in [2.24, 2.45) is 0 Å². The summed E-state index contributed by atoms with van der Waals surface area (Å²) < 4.78 is 58.2. The highest BCUT2D eigenvalue weighted by Gasteiger charge is 2.44. The molecule has 86 valence electrons. The van der Waals surface area contributed by atoms with Crippen molar-refractivity contribution in [3.63, 3.8) is 0 Å². The predicted molar refractivity (Wildman–Crippen MR) is 44.7 cm³/mol. The van der Waals surface area contributed by atoms with Gasteiger partial charge in [-0.15, -0.1) is 0 Å². The fraction of sp³-hybridized carbons (Fsp3) is 1.00. The average molecular weight is 235 g/mol. The lowest BCUT2D eigenvalue weighted by Crippen LogP contribution is -2.52. The van der Waals surface area contributed by atoms with Crippen LogP contribution in [0, 0.1) is 0 Å². The van der Waals surface area contributed by atoms with E-state index in [0.717, 1.165) is 0 Å². The van der Waals surface area contributed by atoms with Crippen LogP contribution in [0.1, 0.15) is 0 Å². The highest BCUT2D eigenvalue weighted by Crippen LogP contribution is 2.19. The molecule has 4 nitrogen and oxygen atoms in total. The third kappa shape index (κ3) is 2.58. The summed E-state index contributed by atoms with van der Waals surface area (Å²) in [5.41, 5.74) is 0. The molecule has 0 aromatic heterocycles. The van der Waals surface area contributed by atoms with E-state index in [1.54, 1.807) is 4.72 Å². The molecule has 0 bridgehead atoms. The number of rotatable bonds is 7. The van der Waals surface area contributed by atoms with Crippen LogP contribution in [0.15, 0.2) is 0 Å². The summed E-state index contributed by atoms with van der Waals surface area (Å²) in [5.74, 6) is 0. The van der Waals surface area contributed by atoms with Gasteiger partial charge in [-0.1, -0.05) is 0 Å². The van der Waals surface area contributed by atoms with Crippen molar-refractivity contribution in [3.8, 4) is 0 Å². The van der Waals surface area contributed by atoms with E-state index in [1.165, 1.54) is 0 Å². The normalized spacial score (nSPS) is 13.1. The highest BCUT2D eigenvalue weighted by molar-refractivity contribution is 7.91. The molecule has 0 saturated carbocycles. The van der Waals surface area contributed by atoms with Gasteiger partial charge in [0, 0.05) is 6.54 Å². The van der Waals surface area contributed by atoms with Gasteiger partial charge >= 0.3 is 0 Å². The minimum Gasteiger partial charge on any atom is -0.395 e. The van der Waals surface area contributed by atoms with E-state index in [0.29, 0.717) is 0 Å². The van der Waals surface area contributed by atoms with Crippen LogP contribution in [0.5, 0.6) is 0 Å². The topological polar surface area (TPSA) is 66.4 Å². The molecule has 0 radical (unpaired) electrons. The Bertz CT molecular complexity index is 245.